The molecule has 1 aliphatic heterocycles. The lowest BCUT2D eigenvalue weighted by Gasteiger charge is -2.22. The van der Waals surface area contributed by atoms with Crippen molar-refractivity contribution in [2.45, 2.75) is 33.1 Å². The summed E-state index contributed by atoms with van der Waals surface area (Å²) in [6.07, 6.45) is 4.53. The molecule has 1 aromatic heterocycles. The van der Waals surface area contributed by atoms with Gasteiger partial charge < -0.3 is 19.5 Å². The van der Waals surface area contributed by atoms with E-state index in [0.29, 0.717) is 26.3 Å². The molecular formula is C17H22N4O2. The Morgan fingerprint density at radius 2 is 2.22 bits per heavy atom. The van der Waals surface area contributed by atoms with Gasteiger partial charge in [0.25, 0.3) is 0 Å². The number of aromatic nitrogens is 2. The molecule has 6 heteroatoms. The molecule has 0 saturated carbocycles. The zero-order chi connectivity index (χ0) is 16.2. The molecule has 0 aliphatic carbocycles. The average molecular weight is 314 g/mol. The molecule has 23 heavy (non-hydrogen) atoms. The largest absolute Gasteiger partial charge is 0.372 e. The summed E-state index contributed by atoms with van der Waals surface area (Å²) in [7, 11) is 1.94. The lowest BCUT2D eigenvalue weighted by atomic mass is 10.1. The van der Waals surface area contributed by atoms with E-state index in [1.807, 2.05) is 36.0 Å². The average Bonchev–Trinajstić information content (AvgIpc) is 3.15. The van der Waals surface area contributed by atoms with E-state index in [4.69, 9.17) is 4.74 Å². The highest BCUT2D eigenvalue weighted by Crippen LogP contribution is 2.23. The van der Waals surface area contributed by atoms with Crippen LogP contribution in [0.2, 0.25) is 0 Å². The van der Waals surface area contributed by atoms with E-state index in [1.54, 1.807) is 11.1 Å². The molecule has 0 saturated heterocycles. The lowest BCUT2D eigenvalue weighted by molar-refractivity contribution is 0.134. The smallest absolute Gasteiger partial charge is 0.322 e. The second-order valence-corrected chi connectivity index (χ2v) is 5.78. The summed E-state index contributed by atoms with van der Waals surface area (Å²) >= 11 is 0. The first-order valence-electron chi connectivity index (χ1n) is 7.89. The topological polar surface area (TPSA) is 59.4 Å². The van der Waals surface area contributed by atoms with Crippen LogP contribution in [0.25, 0.3) is 0 Å². The fourth-order valence-corrected chi connectivity index (χ4v) is 2.69. The number of carbonyl (C=O) groups is 1. The standard InChI is InChI=1S/C17H22N4O2/c1-3-7-21(10-16-18-6-8-20(16)2)17(22)19-15-5-4-13-11-23-12-14(13)9-15/h4-6,8-9H,3,7,10-12H2,1-2H3,(H,19,22). The van der Waals surface area contributed by atoms with Crippen LogP contribution in [0, 0.1) is 0 Å². The highest BCUT2D eigenvalue weighted by molar-refractivity contribution is 5.89. The Hall–Kier alpha value is -2.34. The predicted octanol–water partition coefficient (Wildman–Crippen LogP) is 2.89. The molecule has 122 valence electrons. The first kappa shape index (κ1) is 15.6. The number of hydrogen-bond acceptors (Lipinski definition) is 3. The third-order valence-electron chi connectivity index (χ3n) is 4.01. The fraction of sp³-hybridized carbons (Fsp3) is 0.412. The monoisotopic (exact) mass is 314 g/mol. The molecule has 2 amide bonds. The minimum atomic E-state index is -0.103. The molecule has 2 aromatic rings. The summed E-state index contributed by atoms with van der Waals surface area (Å²) in [4.78, 5) is 18.7. The molecule has 0 atom stereocenters. The molecule has 6 nitrogen and oxygen atoms in total. The maximum absolute atomic E-state index is 12.6. The van der Waals surface area contributed by atoms with E-state index in [1.165, 1.54) is 5.56 Å². The van der Waals surface area contributed by atoms with Crippen molar-refractivity contribution in [3.63, 3.8) is 0 Å². The number of nitrogens with zero attached hydrogens (tertiary/aromatic N) is 3. The number of imidazole rings is 1. The molecule has 1 aromatic carbocycles. The van der Waals surface area contributed by atoms with E-state index in [0.717, 1.165) is 23.5 Å². The third kappa shape index (κ3) is 3.53. The molecular weight excluding hydrogens is 292 g/mol. The minimum Gasteiger partial charge on any atom is -0.372 e. The van der Waals surface area contributed by atoms with Crippen molar-refractivity contribution >= 4 is 11.7 Å². The van der Waals surface area contributed by atoms with Gasteiger partial charge in [0.2, 0.25) is 0 Å². The molecule has 0 unspecified atom stereocenters. The van der Waals surface area contributed by atoms with E-state index >= 15 is 0 Å². The Labute approximate surface area is 136 Å². The second kappa shape index (κ2) is 6.83. The van der Waals surface area contributed by atoms with E-state index in [2.05, 4.69) is 17.2 Å². The molecule has 0 bridgehead atoms. The van der Waals surface area contributed by atoms with Crippen LogP contribution in [0.3, 0.4) is 0 Å². The number of benzene rings is 1. The van der Waals surface area contributed by atoms with Crippen molar-refractivity contribution < 1.29 is 9.53 Å². The number of urea groups is 1. The number of anilines is 1. The van der Waals surface area contributed by atoms with Gasteiger partial charge in [-0.25, -0.2) is 9.78 Å². The van der Waals surface area contributed by atoms with E-state index < -0.39 is 0 Å². The third-order valence-corrected chi connectivity index (χ3v) is 4.01. The van der Waals surface area contributed by atoms with Crippen molar-refractivity contribution in [2.24, 2.45) is 7.05 Å². The Bertz CT molecular complexity index is 696. The zero-order valence-electron chi connectivity index (χ0n) is 13.6. The van der Waals surface area contributed by atoms with Crippen molar-refractivity contribution in [3.05, 3.63) is 47.5 Å². The Kier molecular flexibility index (Phi) is 4.62. The first-order chi connectivity index (χ1) is 11.2. The van der Waals surface area contributed by atoms with Crippen LogP contribution < -0.4 is 5.32 Å². The van der Waals surface area contributed by atoms with Crippen LogP contribution in [-0.4, -0.2) is 27.0 Å². The lowest BCUT2D eigenvalue weighted by Crippen LogP contribution is -2.35. The van der Waals surface area contributed by atoms with Gasteiger partial charge in [0, 0.05) is 31.7 Å². The molecule has 0 spiro atoms. The van der Waals surface area contributed by atoms with Gasteiger partial charge in [0.1, 0.15) is 5.82 Å². The van der Waals surface area contributed by atoms with Gasteiger partial charge in [0.05, 0.1) is 19.8 Å². The molecule has 2 heterocycles. The Balaban J connectivity index is 1.69. The first-order valence-corrected chi connectivity index (χ1v) is 7.89. The number of nitrogens with one attached hydrogen (secondary N) is 1. The number of carbonyl (C=O) groups excluding carboxylic acids is 1. The van der Waals surface area contributed by atoms with Crippen LogP contribution in [-0.2, 0) is 31.5 Å². The van der Waals surface area contributed by atoms with Gasteiger partial charge in [-0.2, -0.15) is 0 Å². The number of rotatable bonds is 5. The highest BCUT2D eigenvalue weighted by atomic mass is 16.5. The van der Waals surface area contributed by atoms with Gasteiger partial charge in [-0.15, -0.1) is 0 Å². The molecule has 3 rings (SSSR count). The summed E-state index contributed by atoms with van der Waals surface area (Å²) in [6.45, 7) is 4.52. The highest BCUT2D eigenvalue weighted by Gasteiger charge is 2.17. The van der Waals surface area contributed by atoms with Gasteiger partial charge >= 0.3 is 6.03 Å². The number of amides is 2. The summed E-state index contributed by atoms with van der Waals surface area (Å²) in [5.41, 5.74) is 3.15. The maximum atomic E-state index is 12.6. The van der Waals surface area contributed by atoms with E-state index in [-0.39, 0.29) is 6.03 Å². The number of ether oxygens (including phenoxy) is 1. The number of fused-ring (bicyclic) bond motifs is 1. The van der Waals surface area contributed by atoms with Crippen molar-refractivity contribution in [2.75, 3.05) is 11.9 Å². The van der Waals surface area contributed by atoms with Crippen LogP contribution in [0.4, 0.5) is 10.5 Å². The minimum absolute atomic E-state index is 0.103. The van der Waals surface area contributed by atoms with Crippen LogP contribution in [0.1, 0.15) is 30.3 Å². The van der Waals surface area contributed by atoms with Crippen molar-refractivity contribution in [3.8, 4) is 0 Å². The zero-order valence-corrected chi connectivity index (χ0v) is 13.6. The number of aryl methyl sites for hydroxylation is 1. The Morgan fingerprint density at radius 3 is 2.96 bits per heavy atom. The van der Waals surface area contributed by atoms with Crippen molar-refractivity contribution in [1.29, 1.82) is 0 Å². The van der Waals surface area contributed by atoms with Gasteiger partial charge in [-0.3, -0.25) is 0 Å². The van der Waals surface area contributed by atoms with Crippen molar-refractivity contribution in [1.82, 2.24) is 14.5 Å². The summed E-state index contributed by atoms with van der Waals surface area (Å²) in [6, 6.07) is 5.83. The fourth-order valence-electron chi connectivity index (χ4n) is 2.69. The van der Waals surface area contributed by atoms with E-state index in [9.17, 15) is 4.79 Å². The van der Waals surface area contributed by atoms with Crippen LogP contribution >= 0.6 is 0 Å². The normalized spacial score (nSPS) is 13.0. The van der Waals surface area contributed by atoms with Crippen LogP contribution in [0.5, 0.6) is 0 Å². The second-order valence-electron chi connectivity index (χ2n) is 5.78. The van der Waals surface area contributed by atoms with Gasteiger partial charge in [0.15, 0.2) is 0 Å². The molecule has 0 radical (unpaired) electrons. The number of hydrogen-bond donors (Lipinski definition) is 1. The summed E-state index contributed by atoms with van der Waals surface area (Å²) in [5, 5.41) is 2.98. The maximum Gasteiger partial charge on any atom is 0.322 e. The molecule has 0 fully saturated rings. The quantitative estimate of drug-likeness (QED) is 0.923. The van der Waals surface area contributed by atoms with Gasteiger partial charge in [-0.1, -0.05) is 13.0 Å². The summed E-state index contributed by atoms with van der Waals surface area (Å²) < 4.78 is 7.34. The van der Waals surface area contributed by atoms with Gasteiger partial charge in [-0.05, 0) is 29.7 Å². The van der Waals surface area contributed by atoms with Crippen LogP contribution in [0.15, 0.2) is 30.6 Å². The predicted molar refractivity (Wildman–Crippen MR) is 87.9 cm³/mol. The molecule has 1 N–H and O–H groups in total. The summed E-state index contributed by atoms with van der Waals surface area (Å²) in [5.74, 6) is 0.871. The Morgan fingerprint density at radius 1 is 1.39 bits per heavy atom. The molecule has 1 aliphatic rings. The SMILES string of the molecule is CCCN(Cc1nccn1C)C(=O)Nc1ccc2c(c1)COC2.